The predicted molar refractivity (Wildman–Crippen MR) is 89.5 cm³/mol. The number of hydrogen-bond donors (Lipinski definition) is 2. The minimum absolute atomic E-state index is 0.383. The number of rotatable bonds is 8. The Hall–Kier alpha value is -0.730. The Labute approximate surface area is 134 Å². The van der Waals surface area contributed by atoms with Gasteiger partial charge in [0.1, 0.15) is 4.21 Å². The standard InChI is InChI=1S/C14H20N2O2S3/c1-11(2)15-9-12-8-14(20-10-12)21(17,18)16-6-5-13-4-3-7-19-13/h3-4,7-8,10-11,15-16H,5-6,9H2,1-2H3. The van der Waals surface area contributed by atoms with Gasteiger partial charge in [0.2, 0.25) is 10.0 Å². The van der Waals surface area contributed by atoms with Crippen molar-refractivity contribution in [1.82, 2.24) is 10.0 Å². The summed E-state index contributed by atoms with van der Waals surface area (Å²) in [6, 6.07) is 6.11. The fourth-order valence-electron chi connectivity index (χ4n) is 1.74. The minimum atomic E-state index is -3.39. The van der Waals surface area contributed by atoms with Gasteiger partial charge < -0.3 is 5.32 Å². The maximum absolute atomic E-state index is 12.2. The van der Waals surface area contributed by atoms with Crippen molar-refractivity contribution in [1.29, 1.82) is 0 Å². The predicted octanol–water partition coefficient (Wildman–Crippen LogP) is 2.83. The summed E-state index contributed by atoms with van der Waals surface area (Å²) in [7, 11) is -3.39. The van der Waals surface area contributed by atoms with E-state index in [1.165, 1.54) is 16.2 Å². The minimum Gasteiger partial charge on any atom is -0.310 e. The summed E-state index contributed by atoms with van der Waals surface area (Å²) in [5, 5.41) is 7.17. The third-order valence-electron chi connectivity index (χ3n) is 2.85. The second-order valence-corrected chi connectivity index (χ2v) is 8.97. The van der Waals surface area contributed by atoms with Crippen LogP contribution in [-0.4, -0.2) is 21.0 Å². The molecule has 0 radical (unpaired) electrons. The van der Waals surface area contributed by atoms with Gasteiger partial charge in [-0.2, -0.15) is 0 Å². The molecule has 116 valence electrons. The lowest BCUT2D eigenvalue weighted by Crippen LogP contribution is -2.25. The van der Waals surface area contributed by atoms with Gasteiger partial charge in [-0.3, -0.25) is 0 Å². The third-order valence-corrected chi connectivity index (χ3v) is 6.74. The Balaban J connectivity index is 1.89. The van der Waals surface area contributed by atoms with Crippen molar-refractivity contribution < 1.29 is 8.42 Å². The van der Waals surface area contributed by atoms with Crippen LogP contribution in [0.4, 0.5) is 0 Å². The van der Waals surface area contributed by atoms with E-state index in [0.29, 0.717) is 23.3 Å². The first-order valence-corrected chi connectivity index (χ1v) is 10.0. The van der Waals surface area contributed by atoms with E-state index in [0.717, 1.165) is 12.0 Å². The average Bonchev–Trinajstić information content (AvgIpc) is 3.07. The van der Waals surface area contributed by atoms with Gasteiger partial charge in [0.25, 0.3) is 0 Å². The molecule has 0 aliphatic rings. The van der Waals surface area contributed by atoms with E-state index in [1.807, 2.05) is 22.9 Å². The van der Waals surface area contributed by atoms with Crippen LogP contribution in [0, 0.1) is 0 Å². The Morgan fingerprint density at radius 1 is 1.29 bits per heavy atom. The van der Waals surface area contributed by atoms with Crippen LogP contribution in [0.5, 0.6) is 0 Å². The highest BCUT2D eigenvalue weighted by atomic mass is 32.2. The molecule has 0 aliphatic heterocycles. The van der Waals surface area contributed by atoms with E-state index >= 15 is 0 Å². The maximum Gasteiger partial charge on any atom is 0.250 e. The summed E-state index contributed by atoms with van der Waals surface area (Å²) in [5.41, 5.74) is 1.01. The van der Waals surface area contributed by atoms with Crippen LogP contribution in [0.25, 0.3) is 0 Å². The van der Waals surface area contributed by atoms with Crippen LogP contribution in [0.2, 0.25) is 0 Å². The summed E-state index contributed by atoms with van der Waals surface area (Å²) in [5.74, 6) is 0. The monoisotopic (exact) mass is 344 g/mol. The van der Waals surface area contributed by atoms with E-state index in [-0.39, 0.29) is 0 Å². The Bertz CT molecular complexity index is 646. The number of sulfonamides is 1. The second kappa shape index (κ2) is 7.51. The van der Waals surface area contributed by atoms with Gasteiger partial charge in [0.15, 0.2) is 0 Å². The van der Waals surface area contributed by atoms with Crippen molar-refractivity contribution in [3.63, 3.8) is 0 Å². The molecule has 0 amide bonds. The summed E-state index contributed by atoms with van der Waals surface area (Å²) in [6.45, 7) is 5.26. The maximum atomic E-state index is 12.2. The van der Waals surface area contributed by atoms with E-state index < -0.39 is 10.0 Å². The molecular formula is C14H20N2O2S3. The number of nitrogens with one attached hydrogen (secondary N) is 2. The molecule has 0 unspecified atom stereocenters. The first-order valence-electron chi connectivity index (χ1n) is 6.80. The highest BCUT2D eigenvalue weighted by Gasteiger charge is 2.16. The zero-order chi connectivity index (χ0) is 15.3. The SMILES string of the molecule is CC(C)NCc1csc(S(=O)(=O)NCCc2cccs2)c1. The molecule has 2 N–H and O–H groups in total. The summed E-state index contributed by atoms with van der Waals surface area (Å²) in [4.78, 5) is 1.19. The Kier molecular flexibility index (Phi) is 5.95. The fraction of sp³-hybridized carbons (Fsp3) is 0.429. The molecular weight excluding hydrogens is 324 g/mol. The molecule has 4 nitrogen and oxygen atoms in total. The van der Waals surface area contributed by atoms with Crippen LogP contribution in [0.3, 0.4) is 0 Å². The Morgan fingerprint density at radius 3 is 2.76 bits per heavy atom. The smallest absolute Gasteiger partial charge is 0.250 e. The molecule has 0 atom stereocenters. The van der Waals surface area contributed by atoms with Gasteiger partial charge >= 0.3 is 0 Å². The summed E-state index contributed by atoms with van der Waals surface area (Å²) < 4.78 is 27.4. The highest BCUT2D eigenvalue weighted by molar-refractivity contribution is 7.91. The molecule has 2 aromatic heterocycles. The zero-order valence-electron chi connectivity index (χ0n) is 12.1. The fourth-order valence-corrected chi connectivity index (χ4v) is 4.74. The highest BCUT2D eigenvalue weighted by Crippen LogP contribution is 2.20. The molecule has 21 heavy (non-hydrogen) atoms. The molecule has 2 aromatic rings. The first kappa shape index (κ1) is 16.6. The van der Waals surface area contributed by atoms with Crippen molar-refractivity contribution >= 4 is 32.7 Å². The van der Waals surface area contributed by atoms with Crippen molar-refractivity contribution in [2.75, 3.05) is 6.54 Å². The van der Waals surface area contributed by atoms with Gasteiger partial charge in [-0.05, 0) is 34.9 Å². The molecule has 2 heterocycles. The molecule has 0 aliphatic carbocycles. The van der Waals surface area contributed by atoms with Crippen molar-refractivity contribution in [3.8, 4) is 0 Å². The van der Waals surface area contributed by atoms with Crippen molar-refractivity contribution in [3.05, 3.63) is 39.4 Å². The lowest BCUT2D eigenvalue weighted by Gasteiger charge is -2.05. The van der Waals surface area contributed by atoms with Crippen LogP contribution in [-0.2, 0) is 23.0 Å². The second-order valence-electron chi connectivity index (χ2n) is 5.04. The van der Waals surface area contributed by atoms with Gasteiger partial charge in [0, 0.05) is 24.0 Å². The molecule has 0 fully saturated rings. The van der Waals surface area contributed by atoms with Gasteiger partial charge in [-0.15, -0.1) is 22.7 Å². The molecule has 0 spiro atoms. The number of thiophene rings is 2. The summed E-state index contributed by atoms with van der Waals surface area (Å²) in [6.07, 6.45) is 0.726. The topological polar surface area (TPSA) is 58.2 Å². The van der Waals surface area contributed by atoms with Gasteiger partial charge in [-0.25, -0.2) is 13.1 Å². The van der Waals surface area contributed by atoms with Gasteiger partial charge in [0.05, 0.1) is 0 Å². The van der Waals surface area contributed by atoms with Crippen LogP contribution in [0.1, 0.15) is 24.3 Å². The lowest BCUT2D eigenvalue weighted by molar-refractivity contribution is 0.582. The van der Waals surface area contributed by atoms with Gasteiger partial charge in [-0.1, -0.05) is 19.9 Å². The molecule has 0 bridgehead atoms. The molecule has 0 saturated carbocycles. The third kappa shape index (κ3) is 5.19. The van der Waals surface area contributed by atoms with E-state index in [1.54, 1.807) is 17.4 Å². The Morgan fingerprint density at radius 2 is 2.10 bits per heavy atom. The van der Waals surface area contributed by atoms with E-state index in [9.17, 15) is 8.42 Å². The zero-order valence-corrected chi connectivity index (χ0v) is 14.6. The van der Waals surface area contributed by atoms with Crippen LogP contribution in [0.15, 0.2) is 33.2 Å². The summed E-state index contributed by atoms with van der Waals surface area (Å²) >= 11 is 2.91. The first-order chi connectivity index (χ1) is 9.97. The van der Waals surface area contributed by atoms with Crippen molar-refractivity contribution in [2.45, 2.75) is 37.1 Å². The van der Waals surface area contributed by atoms with Crippen LogP contribution >= 0.6 is 22.7 Å². The lowest BCUT2D eigenvalue weighted by atomic mass is 10.3. The van der Waals surface area contributed by atoms with E-state index in [4.69, 9.17) is 0 Å². The molecule has 7 heteroatoms. The normalized spacial score (nSPS) is 12.1. The average molecular weight is 345 g/mol. The largest absolute Gasteiger partial charge is 0.310 e. The van der Waals surface area contributed by atoms with Crippen LogP contribution < -0.4 is 10.0 Å². The van der Waals surface area contributed by atoms with Crippen molar-refractivity contribution in [2.24, 2.45) is 0 Å². The molecule has 2 rings (SSSR count). The number of hydrogen-bond acceptors (Lipinski definition) is 5. The molecule has 0 aromatic carbocycles. The molecule has 0 saturated heterocycles. The van der Waals surface area contributed by atoms with E-state index in [2.05, 4.69) is 23.9 Å². The quantitative estimate of drug-likeness (QED) is 0.774.